The molecule has 0 radical (unpaired) electrons. The zero-order chi connectivity index (χ0) is 21.5. The molecule has 1 unspecified atom stereocenters. The summed E-state index contributed by atoms with van der Waals surface area (Å²) in [6.07, 6.45) is 1.63. The lowest BCUT2D eigenvalue weighted by atomic mass is 9.84. The summed E-state index contributed by atoms with van der Waals surface area (Å²) in [5.74, 6) is 1.28. The number of rotatable bonds is 4. The van der Waals surface area contributed by atoms with Crippen LogP contribution in [0.4, 0.5) is 10.5 Å². The molecule has 31 heavy (non-hydrogen) atoms. The second-order valence-electron chi connectivity index (χ2n) is 7.43. The fourth-order valence-corrected chi connectivity index (χ4v) is 4.25. The fourth-order valence-electron chi connectivity index (χ4n) is 4.25. The van der Waals surface area contributed by atoms with Crippen molar-refractivity contribution in [3.8, 4) is 17.1 Å². The normalized spacial score (nSPS) is 17.3. The van der Waals surface area contributed by atoms with Gasteiger partial charge < -0.3 is 19.8 Å². The third-order valence-corrected chi connectivity index (χ3v) is 5.71. The summed E-state index contributed by atoms with van der Waals surface area (Å²) in [5.41, 5.74) is 4.28. The second-order valence-corrected chi connectivity index (χ2v) is 7.43. The van der Waals surface area contributed by atoms with Crippen molar-refractivity contribution in [2.24, 2.45) is 0 Å². The van der Waals surface area contributed by atoms with Gasteiger partial charge in [0.15, 0.2) is 0 Å². The van der Waals surface area contributed by atoms with Crippen molar-refractivity contribution in [2.75, 3.05) is 7.11 Å². The van der Waals surface area contributed by atoms with Gasteiger partial charge in [0.1, 0.15) is 23.3 Å². The van der Waals surface area contributed by atoms with Gasteiger partial charge >= 0.3 is 6.03 Å². The van der Waals surface area contributed by atoms with E-state index in [4.69, 9.17) is 9.15 Å². The standard InChI is InChI=1S/C23H19N3O5/c1-30-14-7-9-16(18(12-14)26(28)29)19-10-11-20(31-19)22-17-8-6-13-4-2-3-5-15(13)21(17)24-23(27)25-22/h2-5,7,9-12,22H,6,8H2,1H3,(H2,24,25,27). The minimum absolute atomic E-state index is 0.110. The SMILES string of the molecule is COc1ccc(-c2ccc(C3NC(=O)NC4=C3CCc3ccccc34)o2)c([N+](=O)[O-])c1. The van der Waals surface area contributed by atoms with Crippen LogP contribution in [0.1, 0.15) is 29.3 Å². The molecular formula is C23H19N3O5. The number of amides is 2. The number of carbonyl (C=O) groups is 1. The van der Waals surface area contributed by atoms with E-state index in [2.05, 4.69) is 16.7 Å². The Labute approximate surface area is 177 Å². The maximum atomic E-state index is 12.4. The number of ether oxygens (including phenoxy) is 1. The highest BCUT2D eigenvalue weighted by molar-refractivity contribution is 5.91. The largest absolute Gasteiger partial charge is 0.497 e. The number of benzene rings is 2. The van der Waals surface area contributed by atoms with Gasteiger partial charge in [-0.15, -0.1) is 0 Å². The number of nitro groups is 1. The van der Waals surface area contributed by atoms with E-state index in [0.717, 1.165) is 29.7 Å². The third kappa shape index (κ3) is 3.22. The van der Waals surface area contributed by atoms with E-state index in [1.165, 1.54) is 18.7 Å². The van der Waals surface area contributed by atoms with E-state index in [0.29, 0.717) is 22.8 Å². The number of nitro benzene ring substituents is 1. The molecule has 1 aromatic heterocycles. The number of hydrogen-bond donors (Lipinski definition) is 2. The third-order valence-electron chi connectivity index (χ3n) is 5.71. The maximum Gasteiger partial charge on any atom is 0.320 e. The zero-order valence-electron chi connectivity index (χ0n) is 16.7. The van der Waals surface area contributed by atoms with Gasteiger partial charge in [-0.1, -0.05) is 24.3 Å². The molecule has 1 aliphatic heterocycles. The van der Waals surface area contributed by atoms with Crippen molar-refractivity contribution < 1.29 is 18.9 Å². The molecule has 2 amide bonds. The van der Waals surface area contributed by atoms with Crippen LogP contribution in [0.2, 0.25) is 0 Å². The van der Waals surface area contributed by atoms with E-state index in [-0.39, 0.29) is 11.7 Å². The molecule has 2 N–H and O–H groups in total. The zero-order valence-corrected chi connectivity index (χ0v) is 16.7. The first-order valence-corrected chi connectivity index (χ1v) is 9.86. The molecule has 1 aliphatic carbocycles. The lowest BCUT2D eigenvalue weighted by Crippen LogP contribution is -2.44. The number of urea groups is 1. The summed E-state index contributed by atoms with van der Waals surface area (Å²) in [6.45, 7) is 0. The van der Waals surface area contributed by atoms with Crippen LogP contribution in [0, 0.1) is 10.1 Å². The van der Waals surface area contributed by atoms with Gasteiger partial charge in [-0.25, -0.2) is 4.79 Å². The van der Waals surface area contributed by atoms with Gasteiger partial charge in [-0.2, -0.15) is 0 Å². The van der Waals surface area contributed by atoms with E-state index < -0.39 is 11.0 Å². The van der Waals surface area contributed by atoms with Crippen molar-refractivity contribution in [2.45, 2.75) is 18.9 Å². The fraction of sp³-hybridized carbons (Fsp3) is 0.174. The van der Waals surface area contributed by atoms with Crippen LogP contribution >= 0.6 is 0 Å². The smallest absolute Gasteiger partial charge is 0.320 e. The molecule has 0 saturated heterocycles. The average Bonchev–Trinajstić information content (AvgIpc) is 3.28. The summed E-state index contributed by atoms with van der Waals surface area (Å²) in [6, 6.07) is 15.3. The molecule has 0 bridgehead atoms. The Hall–Kier alpha value is -4.07. The summed E-state index contributed by atoms with van der Waals surface area (Å²) in [7, 11) is 1.46. The Morgan fingerprint density at radius 1 is 1.10 bits per heavy atom. The Kier molecular flexibility index (Phi) is 4.47. The predicted octanol–water partition coefficient (Wildman–Crippen LogP) is 4.57. The minimum Gasteiger partial charge on any atom is -0.497 e. The number of fused-ring (bicyclic) bond motifs is 2. The Balaban J connectivity index is 1.56. The van der Waals surface area contributed by atoms with Crippen molar-refractivity contribution >= 4 is 17.4 Å². The molecule has 156 valence electrons. The summed E-state index contributed by atoms with van der Waals surface area (Å²) in [4.78, 5) is 23.5. The van der Waals surface area contributed by atoms with Crippen LogP contribution in [0.3, 0.4) is 0 Å². The van der Waals surface area contributed by atoms with Crippen LogP contribution in [-0.4, -0.2) is 18.1 Å². The van der Waals surface area contributed by atoms with Gasteiger partial charge in [0, 0.05) is 5.56 Å². The Morgan fingerprint density at radius 3 is 2.74 bits per heavy atom. The van der Waals surface area contributed by atoms with Crippen molar-refractivity contribution in [1.29, 1.82) is 0 Å². The van der Waals surface area contributed by atoms with E-state index in [1.807, 2.05) is 18.2 Å². The van der Waals surface area contributed by atoms with Crippen LogP contribution in [0.25, 0.3) is 17.0 Å². The number of carbonyl (C=O) groups excluding carboxylic acids is 1. The number of nitrogens with one attached hydrogen (secondary N) is 2. The van der Waals surface area contributed by atoms with Gasteiger partial charge in [0.25, 0.3) is 5.69 Å². The van der Waals surface area contributed by atoms with E-state index in [9.17, 15) is 14.9 Å². The molecule has 1 atom stereocenters. The van der Waals surface area contributed by atoms with Crippen molar-refractivity contribution in [3.05, 3.63) is 87.2 Å². The van der Waals surface area contributed by atoms with Crippen molar-refractivity contribution in [1.82, 2.24) is 10.6 Å². The first kappa shape index (κ1) is 18.9. The van der Waals surface area contributed by atoms with Crippen LogP contribution in [0.15, 0.2) is 64.6 Å². The monoisotopic (exact) mass is 417 g/mol. The van der Waals surface area contributed by atoms with Gasteiger partial charge in [0.05, 0.1) is 29.4 Å². The molecule has 2 aromatic carbocycles. The van der Waals surface area contributed by atoms with Crippen LogP contribution in [0.5, 0.6) is 5.75 Å². The summed E-state index contributed by atoms with van der Waals surface area (Å²) < 4.78 is 11.1. The highest BCUT2D eigenvalue weighted by Gasteiger charge is 2.34. The number of methoxy groups -OCH3 is 1. The Morgan fingerprint density at radius 2 is 1.94 bits per heavy atom. The molecule has 2 heterocycles. The highest BCUT2D eigenvalue weighted by atomic mass is 16.6. The topological polar surface area (TPSA) is 107 Å². The highest BCUT2D eigenvalue weighted by Crippen LogP contribution is 2.41. The Bertz CT molecular complexity index is 1240. The number of hydrogen-bond acceptors (Lipinski definition) is 5. The lowest BCUT2D eigenvalue weighted by molar-refractivity contribution is -0.384. The average molecular weight is 417 g/mol. The van der Waals surface area contributed by atoms with Crippen LogP contribution < -0.4 is 15.4 Å². The quantitative estimate of drug-likeness (QED) is 0.478. The molecule has 8 heteroatoms. The molecule has 0 fully saturated rings. The summed E-state index contributed by atoms with van der Waals surface area (Å²) >= 11 is 0. The van der Waals surface area contributed by atoms with Gasteiger partial charge in [-0.3, -0.25) is 10.1 Å². The van der Waals surface area contributed by atoms with E-state index in [1.54, 1.807) is 24.3 Å². The predicted molar refractivity (Wildman–Crippen MR) is 113 cm³/mol. The number of nitrogens with zero attached hydrogens (tertiary/aromatic N) is 1. The number of aryl methyl sites for hydroxylation is 1. The first-order chi connectivity index (χ1) is 15.0. The minimum atomic E-state index is -0.467. The molecule has 0 saturated carbocycles. The molecule has 0 spiro atoms. The molecule has 3 aromatic rings. The lowest BCUT2D eigenvalue weighted by Gasteiger charge is -2.33. The van der Waals surface area contributed by atoms with Crippen LogP contribution in [-0.2, 0) is 6.42 Å². The molecule has 8 nitrogen and oxygen atoms in total. The van der Waals surface area contributed by atoms with E-state index >= 15 is 0 Å². The molecule has 5 rings (SSSR count). The van der Waals surface area contributed by atoms with Gasteiger partial charge in [-0.05, 0) is 48.2 Å². The molecule has 2 aliphatic rings. The number of furan rings is 1. The van der Waals surface area contributed by atoms with Gasteiger partial charge in [0.2, 0.25) is 0 Å². The maximum absolute atomic E-state index is 12.4. The second kappa shape index (κ2) is 7.32. The first-order valence-electron chi connectivity index (χ1n) is 9.86. The summed E-state index contributed by atoms with van der Waals surface area (Å²) in [5, 5.41) is 17.4. The molecular weight excluding hydrogens is 398 g/mol. The van der Waals surface area contributed by atoms with Crippen molar-refractivity contribution in [3.63, 3.8) is 0 Å².